The second kappa shape index (κ2) is 9.44. The SMILES string of the molecule is C[C@H]1CN(C(=O)CN(CN)/N=N\N)CCN1S(=O)(=O)c1ccc(OC(F)(F)F)cc1. The molecule has 1 aliphatic rings. The maximum atomic E-state index is 12.9. The van der Waals surface area contributed by atoms with Crippen molar-refractivity contribution in [2.75, 3.05) is 32.8 Å². The Morgan fingerprint density at radius 3 is 2.43 bits per heavy atom. The molecule has 4 N–H and O–H groups in total. The number of sulfonamides is 1. The van der Waals surface area contributed by atoms with Crippen LogP contribution in [0, 0.1) is 0 Å². The zero-order chi connectivity index (χ0) is 22.5. The highest BCUT2D eigenvalue weighted by atomic mass is 32.2. The Morgan fingerprint density at radius 2 is 1.93 bits per heavy atom. The number of hydrogen-bond donors (Lipinski definition) is 2. The molecule has 1 aromatic carbocycles. The van der Waals surface area contributed by atoms with E-state index in [0.717, 1.165) is 29.3 Å². The van der Waals surface area contributed by atoms with Crippen LogP contribution in [0.3, 0.4) is 0 Å². The number of hydrogen-bond acceptors (Lipinski definition) is 7. The number of nitrogens with zero attached hydrogens (tertiary/aromatic N) is 5. The molecule has 1 saturated heterocycles. The summed E-state index contributed by atoms with van der Waals surface area (Å²) in [5.41, 5.74) is 5.44. The lowest BCUT2D eigenvalue weighted by Gasteiger charge is -2.39. The molecule has 15 heteroatoms. The molecular weight excluding hydrogens is 431 g/mol. The average Bonchev–Trinajstić information content (AvgIpc) is 2.66. The van der Waals surface area contributed by atoms with E-state index in [1.54, 1.807) is 6.92 Å². The Kier molecular flexibility index (Phi) is 7.44. The van der Waals surface area contributed by atoms with Crippen LogP contribution < -0.4 is 16.3 Å². The minimum Gasteiger partial charge on any atom is -0.406 e. The third-order valence-corrected chi connectivity index (χ3v) is 6.32. The van der Waals surface area contributed by atoms with Crippen molar-refractivity contribution in [3.63, 3.8) is 0 Å². The molecule has 30 heavy (non-hydrogen) atoms. The van der Waals surface area contributed by atoms with Crippen molar-refractivity contribution < 1.29 is 31.1 Å². The van der Waals surface area contributed by atoms with Crippen molar-refractivity contribution in [2.45, 2.75) is 24.2 Å². The number of piperazine rings is 1. The minimum atomic E-state index is -4.87. The van der Waals surface area contributed by atoms with E-state index in [0.29, 0.717) is 0 Å². The Morgan fingerprint density at radius 1 is 1.30 bits per heavy atom. The van der Waals surface area contributed by atoms with Gasteiger partial charge in [-0.1, -0.05) is 10.4 Å². The molecule has 1 fully saturated rings. The molecule has 1 heterocycles. The summed E-state index contributed by atoms with van der Waals surface area (Å²) in [6, 6.07) is 3.37. The summed E-state index contributed by atoms with van der Waals surface area (Å²) in [5, 5.41) is 7.71. The number of carbonyl (C=O) groups is 1. The number of rotatable bonds is 7. The van der Waals surface area contributed by atoms with Crippen molar-refractivity contribution in [1.82, 2.24) is 14.2 Å². The standard InChI is InChI=1S/C15H22F3N7O4S/c1-11-8-23(14(26)9-24(10-19)22-21-20)6-7-25(11)30(27,28)13-4-2-12(3-5-13)29-15(16,17)18/h2-5,11H,6-10,19H2,1H3,(H2,20,22)/t11-/m0/s1. The quantitative estimate of drug-likeness (QED) is 0.261. The van der Waals surface area contributed by atoms with Gasteiger partial charge in [-0.2, -0.15) is 4.31 Å². The molecule has 1 aliphatic heterocycles. The molecule has 0 aromatic heterocycles. The first-order valence-electron chi connectivity index (χ1n) is 8.69. The molecule has 11 nitrogen and oxygen atoms in total. The molecule has 1 atom stereocenters. The predicted molar refractivity (Wildman–Crippen MR) is 97.9 cm³/mol. The van der Waals surface area contributed by atoms with Gasteiger partial charge in [-0.05, 0) is 31.2 Å². The van der Waals surface area contributed by atoms with Crippen LogP contribution in [0.1, 0.15) is 6.92 Å². The highest BCUT2D eigenvalue weighted by molar-refractivity contribution is 7.89. The van der Waals surface area contributed by atoms with E-state index in [1.165, 1.54) is 9.21 Å². The van der Waals surface area contributed by atoms with Gasteiger partial charge in [-0.25, -0.2) is 8.42 Å². The monoisotopic (exact) mass is 453 g/mol. The molecule has 0 spiro atoms. The number of nitrogens with two attached hydrogens (primary N) is 2. The lowest BCUT2D eigenvalue weighted by molar-refractivity contribution is -0.274. The van der Waals surface area contributed by atoms with Crippen molar-refractivity contribution in [2.24, 2.45) is 22.0 Å². The number of benzene rings is 1. The number of amides is 1. The van der Waals surface area contributed by atoms with Crippen molar-refractivity contribution in [1.29, 1.82) is 0 Å². The number of ether oxygens (including phenoxy) is 1. The second-order valence-corrected chi connectivity index (χ2v) is 8.27. The van der Waals surface area contributed by atoms with Gasteiger partial charge in [-0.15, -0.1) is 13.2 Å². The van der Waals surface area contributed by atoms with Crippen LogP contribution in [0.25, 0.3) is 0 Å². The summed E-state index contributed by atoms with van der Waals surface area (Å²) in [4.78, 5) is 13.7. The minimum absolute atomic E-state index is 0.0110. The van der Waals surface area contributed by atoms with Gasteiger partial charge in [0.15, 0.2) is 0 Å². The van der Waals surface area contributed by atoms with E-state index in [1.807, 2.05) is 0 Å². The molecule has 1 aromatic rings. The van der Waals surface area contributed by atoms with Gasteiger partial charge >= 0.3 is 6.36 Å². The van der Waals surface area contributed by atoms with Crippen molar-refractivity contribution in [3.05, 3.63) is 24.3 Å². The van der Waals surface area contributed by atoms with Crippen LogP contribution >= 0.6 is 0 Å². The first-order valence-corrected chi connectivity index (χ1v) is 10.1. The Hall–Kier alpha value is -2.65. The fourth-order valence-electron chi connectivity index (χ4n) is 2.94. The van der Waals surface area contributed by atoms with Gasteiger partial charge in [0.05, 0.1) is 11.6 Å². The van der Waals surface area contributed by atoms with Gasteiger partial charge in [0.25, 0.3) is 0 Å². The molecule has 168 valence electrons. The summed E-state index contributed by atoms with van der Waals surface area (Å²) in [7, 11) is -3.98. The van der Waals surface area contributed by atoms with Crippen LogP contribution in [0.4, 0.5) is 13.2 Å². The maximum absolute atomic E-state index is 12.9. The first kappa shape index (κ1) is 23.6. The van der Waals surface area contributed by atoms with Crippen LogP contribution in [-0.2, 0) is 14.8 Å². The van der Waals surface area contributed by atoms with Crippen LogP contribution in [0.5, 0.6) is 5.75 Å². The molecule has 0 radical (unpaired) electrons. The van der Waals surface area contributed by atoms with E-state index in [9.17, 15) is 26.4 Å². The summed E-state index contributed by atoms with van der Waals surface area (Å²) in [6.45, 7) is 1.62. The zero-order valence-corrected chi connectivity index (χ0v) is 16.8. The number of halogens is 3. The second-order valence-electron chi connectivity index (χ2n) is 6.38. The fraction of sp³-hybridized carbons (Fsp3) is 0.533. The molecule has 0 bridgehead atoms. The van der Waals surface area contributed by atoms with Gasteiger partial charge in [0.1, 0.15) is 12.3 Å². The average molecular weight is 453 g/mol. The summed E-state index contributed by atoms with van der Waals surface area (Å²) in [6.07, 6.45) is -4.87. The van der Waals surface area contributed by atoms with E-state index in [4.69, 9.17) is 11.6 Å². The largest absolute Gasteiger partial charge is 0.573 e. The Labute approximate surface area is 171 Å². The molecule has 2 rings (SSSR count). The number of carbonyl (C=O) groups excluding carboxylic acids is 1. The van der Waals surface area contributed by atoms with Gasteiger partial charge in [0.2, 0.25) is 15.9 Å². The lowest BCUT2D eigenvalue weighted by Crippen LogP contribution is -2.56. The van der Waals surface area contributed by atoms with Gasteiger partial charge in [0, 0.05) is 25.7 Å². The highest BCUT2D eigenvalue weighted by Crippen LogP contribution is 2.26. The molecule has 0 unspecified atom stereocenters. The van der Waals surface area contributed by atoms with E-state index >= 15 is 0 Å². The van der Waals surface area contributed by atoms with Crippen LogP contribution in [0.15, 0.2) is 39.6 Å². The molecular formula is C15H22F3N7O4S. The topological polar surface area (TPSA) is 147 Å². The Bertz CT molecular complexity index is 864. The summed E-state index contributed by atoms with van der Waals surface area (Å²) in [5.74, 6) is 4.09. The number of alkyl halides is 3. The highest BCUT2D eigenvalue weighted by Gasteiger charge is 2.36. The van der Waals surface area contributed by atoms with Gasteiger partial charge < -0.3 is 21.2 Å². The van der Waals surface area contributed by atoms with Crippen LogP contribution in [0.2, 0.25) is 0 Å². The predicted octanol–water partition coefficient (Wildman–Crippen LogP) is 0.266. The van der Waals surface area contributed by atoms with E-state index < -0.39 is 28.2 Å². The molecule has 1 amide bonds. The maximum Gasteiger partial charge on any atom is 0.573 e. The molecule has 0 saturated carbocycles. The van der Waals surface area contributed by atoms with Crippen LogP contribution in [-0.4, -0.2) is 73.8 Å². The fourth-order valence-corrected chi connectivity index (χ4v) is 4.55. The third-order valence-electron chi connectivity index (χ3n) is 4.29. The van der Waals surface area contributed by atoms with Crippen molar-refractivity contribution in [3.8, 4) is 5.75 Å². The zero-order valence-electron chi connectivity index (χ0n) is 16.0. The normalized spacial score (nSPS) is 18.6. The van der Waals surface area contributed by atoms with E-state index in [-0.39, 0.29) is 43.7 Å². The van der Waals surface area contributed by atoms with Crippen molar-refractivity contribution >= 4 is 15.9 Å². The van der Waals surface area contributed by atoms with Gasteiger partial charge in [-0.3, -0.25) is 9.80 Å². The summed E-state index contributed by atoms with van der Waals surface area (Å²) < 4.78 is 67.5. The lowest BCUT2D eigenvalue weighted by atomic mass is 10.2. The Balaban J connectivity index is 2.06. The smallest absolute Gasteiger partial charge is 0.406 e. The third kappa shape index (κ3) is 5.93. The summed E-state index contributed by atoms with van der Waals surface area (Å²) >= 11 is 0. The first-order chi connectivity index (χ1) is 14.0. The molecule has 0 aliphatic carbocycles. The van der Waals surface area contributed by atoms with E-state index in [2.05, 4.69) is 15.2 Å².